The number of nitrogens with zero attached hydrogens (tertiary/aromatic N) is 2. The summed E-state index contributed by atoms with van der Waals surface area (Å²) in [5, 5.41) is 3.95. The van der Waals surface area contributed by atoms with E-state index in [1.807, 2.05) is 0 Å². The Balaban J connectivity index is 1.80. The number of hydrogen-bond acceptors (Lipinski definition) is 7. The van der Waals surface area contributed by atoms with Crippen molar-refractivity contribution in [2.24, 2.45) is 5.10 Å². The zero-order valence-corrected chi connectivity index (χ0v) is 19.8. The molecule has 3 rings (SSSR count). The fourth-order valence-electron chi connectivity index (χ4n) is 3.05. The largest absolute Gasteiger partial charge is 0.497 e. The molecular formula is C24H25N3O6S. The first-order valence-electron chi connectivity index (χ1n) is 10.1. The predicted octanol–water partition coefficient (Wildman–Crippen LogP) is 3.06. The molecule has 0 saturated heterocycles. The Morgan fingerprint density at radius 2 is 1.56 bits per heavy atom. The number of methoxy groups -OCH3 is 3. The number of ether oxygens (including phenoxy) is 3. The molecule has 3 aromatic rings. The zero-order chi connectivity index (χ0) is 24.6. The molecule has 1 N–H and O–H groups in total. The third-order valence-electron chi connectivity index (χ3n) is 4.81. The molecule has 0 radical (unpaired) electrons. The molecule has 9 nitrogen and oxygen atoms in total. The minimum Gasteiger partial charge on any atom is -0.497 e. The third kappa shape index (κ3) is 5.84. The van der Waals surface area contributed by atoms with Gasteiger partial charge in [-0.1, -0.05) is 18.2 Å². The van der Waals surface area contributed by atoms with Crippen LogP contribution in [0.5, 0.6) is 17.2 Å². The predicted molar refractivity (Wildman–Crippen MR) is 129 cm³/mol. The lowest BCUT2D eigenvalue weighted by atomic mass is 10.2. The SMILES string of the molecule is COc1ccc(S(=O)(=O)N(CC(=O)NN=Cc2ccc(OC)cc2OC)c2ccccc2)cc1. The number of benzene rings is 3. The first-order chi connectivity index (χ1) is 16.4. The Kier molecular flexibility index (Phi) is 8.10. The average Bonchev–Trinajstić information content (AvgIpc) is 2.87. The van der Waals surface area contributed by atoms with Gasteiger partial charge in [-0.25, -0.2) is 13.8 Å². The molecule has 34 heavy (non-hydrogen) atoms. The van der Waals surface area contributed by atoms with E-state index in [1.54, 1.807) is 67.8 Å². The van der Waals surface area contributed by atoms with Crippen LogP contribution in [-0.4, -0.2) is 48.4 Å². The summed E-state index contributed by atoms with van der Waals surface area (Å²) in [6.45, 7) is -0.477. The molecule has 0 aliphatic heterocycles. The summed E-state index contributed by atoms with van der Waals surface area (Å²) < 4.78 is 43.3. The topological polar surface area (TPSA) is 107 Å². The van der Waals surface area contributed by atoms with Crippen LogP contribution < -0.4 is 23.9 Å². The quantitative estimate of drug-likeness (QED) is 0.351. The number of carbonyl (C=O) groups is 1. The zero-order valence-electron chi connectivity index (χ0n) is 19.0. The molecule has 0 atom stereocenters. The van der Waals surface area contributed by atoms with Crippen LogP contribution in [0.2, 0.25) is 0 Å². The van der Waals surface area contributed by atoms with E-state index < -0.39 is 22.5 Å². The molecule has 1 amide bonds. The fourth-order valence-corrected chi connectivity index (χ4v) is 4.47. The van der Waals surface area contributed by atoms with Crippen molar-refractivity contribution in [3.8, 4) is 17.2 Å². The average molecular weight is 484 g/mol. The van der Waals surface area contributed by atoms with E-state index in [0.717, 1.165) is 4.31 Å². The van der Waals surface area contributed by atoms with Gasteiger partial charge in [0.05, 0.1) is 38.1 Å². The molecule has 0 aromatic heterocycles. The highest BCUT2D eigenvalue weighted by molar-refractivity contribution is 7.92. The van der Waals surface area contributed by atoms with Gasteiger partial charge in [-0.05, 0) is 48.5 Å². The van der Waals surface area contributed by atoms with Crippen LogP contribution in [0.1, 0.15) is 5.56 Å². The highest BCUT2D eigenvalue weighted by Gasteiger charge is 2.27. The summed E-state index contributed by atoms with van der Waals surface area (Å²) >= 11 is 0. The Bertz CT molecular complexity index is 1250. The summed E-state index contributed by atoms with van der Waals surface area (Å²) in [6.07, 6.45) is 1.40. The van der Waals surface area contributed by atoms with Crippen LogP contribution in [0, 0.1) is 0 Å². The van der Waals surface area contributed by atoms with E-state index in [2.05, 4.69) is 10.5 Å². The number of hydrogen-bond donors (Lipinski definition) is 1. The Hall–Kier alpha value is -4.05. The summed E-state index contributed by atoms with van der Waals surface area (Å²) in [4.78, 5) is 12.7. The van der Waals surface area contributed by atoms with Gasteiger partial charge >= 0.3 is 0 Å². The van der Waals surface area contributed by atoms with Crippen LogP contribution in [0.25, 0.3) is 0 Å². The number of sulfonamides is 1. The van der Waals surface area contributed by atoms with Gasteiger partial charge in [0.1, 0.15) is 23.8 Å². The molecule has 0 spiro atoms. The normalized spacial score (nSPS) is 11.1. The number of carbonyl (C=O) groups excluding carboxylic acids is 1. The van der Waals surface area contributed by atoms with Crippen molar-refractivity contribution in [1.82, 2.24) is 5.43 Å². The highest BCUT2D eigenvalue weighted by Crippen LogP contribution is 2.25. The first kappa shape index (κ1) is 24.6. The van der Waals surface area contributed by atoms with Gasteiger partial charge < -0.3 is 14.2 Å². The van der Waals surface area contributed by atoms with Crippen LogP contribution in [0.15, 0.2) is 82.8 Å². The number of nitrogens with one attached hydrogen (secondary N) is 1. The molecule has 0 aliphatic rings. The second-order valence-corrected chi connectivity index (χ2v) is 8.79. The molecular weight excluding hydrogens is 458 g/mol. The molecule has 0 unspecified atom stereocenters. The summed E-state index contributed by atoms with van der Waals surface area (Å²) in [6, 6.07) is 19.4. The molecule has 178 valence electrons. The van der Waals surface area contributed by atoms with E-state index in [4.69, 9.17) is 14.2 Å². The summed E-state index contributed by atoms with van der Waals surface area (Å²) in [5.41, 5.74) is 3.32. The van der Waals surface area contributed by atoms with Crippen LogP contribution in [-0.2, 0) is 14.8 Å². The van der Waals surface area contributed by atoms with E-state index in [0.29, 0.717) is 28.5 Å². The van der Waals surface area contributed by atoms with Gasteiger partial charge in [0.2, 0.25) is 0 Å². The number of amides is 1. The van der Waals surface area contributed by atoms with E-state index in [-0.39, 0.29) is 4.90 Å². The Morgan fingerprint density at radius 1 is 0.912 bits per heavy atom. The van der Waals surface area contributed by atoms with Gasteiger partial charge in [0, 0.05) is 11.6 Å². The van der Waals surface area contributed by atoms with E-state index in [9.17, 15) is 13.2 Å². The number of hydrazone groups is 1. The van der Waals surface area contributed by atoms with Gasteiger partial charge in [0.15, 0.2) is 0 Å². The van der Waals surface area contributed by atoms with E-state index in [1.165, 1.54) is 32.6 Å². The second-order valence-electron chi connectivity index (χ2n) is 6.92. The molecule has 0 saturated carbocycles. The monoisotopic (exact) mass is 483 g/mol. The maximum atomic E-state index is 13.3. The lowest BCUT2D eigenvalue weighted by Gasteiger charge is -2.23. The van der Waals surface area contributed by atoms with Gasteiger partial charge in [-0.2, -0.15) is 5.10 Å². The smallest absolute Gasteiger partial charge is 0.264 e. The van der Waals surface area contributed by atoms with Gasteiger partial charge in [-0.3, -0.25) is 9.10 Å². The van der Waals surface area contributed by atoms with Crippen molar-refractivity contribution in [2.45, 2.75) is 4.90 Å². The molecule has 0 fully saturated rings. The third-order valence-corrected chi connectivity index (χ3v) is 6.60. The van der Waals surface area contributed by atoms with Gasteiger partial charge in [-0.15, -0.1) is 0 Å². The minimum atomic E-state index is -4.04. The highest BCUT2D eigenvalue weighted by atomic mass is 32.2. The lowest BCUT2D eigenvalue weighted by molar-refractivity contribution is -0.119. The van der Waals surface area contributed by atoms with Crippen LogP contribution >= 0.6 is 0 Å². The van der Waals surface area contributed by atoms with Crippen molar-refractivity contribution in [3.05, 3.63) is 78.4 Å². The molecule has 0 aliphatic carbocycles. The maximum Gasteiger partial charge on any atom is 0.264 e. The van der Waals surface area contributed by atoms with Crippen molar-refractivity contribution in [3.63, 3.8) is 0 Å². The molecule has 10 heteroatoms. The summed E-state index contributed by atoms with van der Waals surface area (Å²) in [7, 11) is 0.503. The van der Waals surface area contributed by atoms with Crippen molar-refractivity contribution in [2.75, 3.05) is 32.2 Å². The van der Waals surface area contributed by atoms with Crippen LogP contribution in [0.4, 0.5) is 5.69 Å². The first-order valence-corrected chi connectivity index (χ1v) is 11.6. The van der Waals surface area contributed by atoms with E-state index >= 15 is 0 Å². The standard InChI is InChI=1S/C24H25N3O6S/c1-31-20-11-13-22(14-12-20)34(29,30)27(19-7-5-4-6-8-19)17-24(28)26-25-16-18-9-10-21(32-2)15-23(18)33-3/h4-16H,17H2,1-3H3,(H,26,28). The van der Waals surface area contributed by atoms with Gasteiger partial charge in [0.25, 0.3) is 15.9 Å². The Morgan fingerprint density at radius 3 is 2.18 bits per heavy atom. The lowest BCUT2D eigenvalue weighted by Crippen LogP contribution is -2.39. The second kappa shape index (κ2) is 11.2. The summed E-state index contributed by atoms with van der Waals surface area (Å²) in [5.74, 6) is 1.02. The fraction of sp³-hybridized carbons (Fsp3) is 0.167. The van der Waals surface area contributed by atoms with Crippen LogP contribution in [0.3, 0.4) is 0 Å². The molecule has 3 aromatic carbocycles. The molecule has 0 heterocycles. The number of para-hydroxylation sites is 1. The molecule has 0 bridgehead atoms. The van der Waals surface area contributed by atoms with Crippen molar-refractivity contribution >= 4 is 27.8 Å². The number of anilines is 1. The van der Waals surface area contributed by atoms with Crippen molar-refractivity contribution in [1.29, 1.82) is 0 Å². The maximum absolute atomic E-state index is 13.3. The Labute approximate surface area is 198 Å². The minimum absolute atomic E-state index is 0.0245. The van der Waals surface area contributed by atoms with Crippen molar-refractivity contribution < 1.29 is 27.4 Å². The number of rotatable bonds is 10.